The van der Waals surface area contributed by atoms with E-state index in [1.54, 1.807) is 25.6 Å². The van der Waals surface area contributed by atoms with E-state index in [-0.39, 0.29) is 4.90 Å². The highest BCUT2D eigenvalue weighted by Crippen LogP contribution is 2.24. The molecule has 0 bridgehead atoms. The van der Waals surface area contributed by atoms with Crippen LogP contribution in [0.15, 0.2) is 29.2 Å². The first-order chi connectivity index (χ1) is 12.3. The lowest BCUT2D eigenvalue weighted by Crippen LogP contribution is -2.46. The maximum atomic E-state index is 12.7. The molecular weight excluding hydrogens is 350 g/mol. The monoisotopic (exact) mass is 377 g/mol. The Morgan fingerprint density at radius 2 is 1.69 bits per heavy atom. The van der Waals surface area contributed by atoms with Crippen LogP contribution >= 0.6 is 0 Å². The van der Waals surface area contributed by atoms with Crippen molar-refractivity contribution < 1.29 is 8.42 Å². The van der Waals surface area contributed by atoms with Gasteiger partial charge in [-0.1, -0.05) is 6.92 Å². The Morgan fingerprint density at radius 1 is 1.08 bits per heavy atom. The predicted molar refractivity (Wildman–Crippen MR) is 104 cm³/mol. The van der Waals surface area contributed by atoms with Gasteiger partial charge < -0.3 is 9.80 Å². The van der Waals surface area contributed by atoms with Crippen LogP contribution in [0.4, 0.5) is 11.4 Å². The van der Waals surface area contributed by atoms with Gasteiger partial charge in [0.1, 0.15) is 4.90 Å². The van der Waals surface area contributed by atoms with Gasteiger partial charge in [0, 0.05) is 44.6 Å². The number of piperazine rings is 1. The van der Waals surface area contributed by atoms with E-state index in [0.29, 0.717) is 17.1 Å². The molecule has 1 aliphatic rings. The van der Waals surface area contributed by atoms with Gasteiger partial charge in [-0.3, -0.25) is 9.40 Å². The standard InChI is InChI=1S/C18H27N5O2S/c1-5-22-10-12-23(13-11-22)17-8-6-16(7-9-17)20-26(24,25)18-14(2)19-21(4)15(18)3/h6-9,20H,5,10-13H2,1-4H3. The van der Waals surface area contributed by atoms with Crippen molar-refractivity contribution in [2.75, 3.05) is 42.3 Å². The van der Waals surface area contributed by atoms with Crippen LogP contribution in [-0.2, 0) is 17.1 Å². The molecule has 1 aliphatic heterocycles. The third-order valence-electron chi connectivity index (χ3n) is 5.02. The quantitative estimate of drug-likeness (QED) is 0.863. The second-order valence-electron chi connectivity index (χ2n) is 6.70. The molecule has 0 unspecified atom stereocenters. The molecule has 1 aromatic carbocycles. The van der Waals surface area contributed by atoms with E-state index in [2.05, 4.69) is 26.5 Å². The van der Waals surface area contributed by atoms with Gasteiger partial charge in [0.15, 0.2) is 0 Å². The smallest absolute Gasteiger partial charge is 0.265 e. The molecule has 142 valence electrons. The van der Waals surface area contributed by atoms with Crippen molar-refractivity contribution in [1.29, 1.82) is 0 Å². The SMILES string of the molecule is CCN1CCN(c2ccc(NS(=O)(=O)c3c(C)nn(C)c3C)cc2)CC1. The fourth-order valence-electron chi connectivity index (χ4n) is 3.41. The maximum Gasteiger partial charge on any atom is 0.265 e. The summed E-state index contributed by atoms with van der Waals surface area (Å²) >= 11 is 0. The molecule has 7 nitrogen and oxygen atoms in total. The number of nitrogens with zero attached hydrogens (tertiary/aromatic N) is 4. The Labute approximate surface area is 155 Å². The van der Waals surface area contributed by atoms with Crippen molar-refractivity contribution in [3.63, 3.8) is 0 Å². The number of likely N-dealkylation sites (N-methyl/N-ethyl adjacent to an activating group) is 1. The first kappa shape index (κ1) is 18.7. The van der Waals surface area contributed by atoms with Gasteiger partial charge in [0.25, 0.3) is 10.0 Å². The lowest BCUT2D eigenvalue weighted by Gasteiger charge is -2.35. The van der Waals surface area contributed by atoms with E-state index in [4.69, 9.17) is 0 Å². The van der Waals surface area contributed by atoms with E-state index in [0.717, 1.165) is 38.4 Å². The lowest BCUT2D eigenvalue weighted by atomic mass is 10.2. The Hall–Kier alpha value is -2.06. The van der Waals surface area contributed by atoms with Gasteiger partial charge in [-0.2, -0.15) is 5.10 Å². The minimum Gasteiger partial charge on any atom is -0.369 e. The van der Waals surface area contributed by atoms with Gasteiger partial charge >= 0.3 is 0 Å². The van der Waals surface area contributed by atoms with Crippen molar-refractivity contribution in [3.8, 4) is 0 Å². The average Bonchev–Trinajstić information content (AvgIpc) is 2.88. The van der Waals surface area contributed by atoms with Gasteiger partial charge in [-0.15, -0.1) is 0 Å². The Morgan fingerprint density at radius 3 is 2.19 bits per heavy atom. The minimum atomic E-state index is -3.66. The summed E-state index contributed by atoms with van der Waals surface area (Å²) in [4.78, 5) is 5.01. The number of benzene rings is 1. The van der Waals surface area contributed by atoms with Crippen LogP contribution in [0.25, 0.3) is 0 Å². The number of nitrogens with one attached hydrogen (secondary N) is 1. The molecule has 0 radical (unpaired) electrons. The number of anilines is 2. The number of aromatic nitrogens is 2. The zero-order chi connectivity index (χ0) is 18.9. The molecule has 0 saturated carbocycles. The summed E-state index contributed by atoms with van der Waals surface area (Å²) in [6.07, 6.45) is 0. The van der Waals surface area contributed by atoms with E-state index < -0.39 is 10.0 Å². The molecule has 0 spiro atoms. The molecule has 1 aromatic heterocycles. The molecule has 1 fully saturated rings. The molecule has 0 amide bonds. The minimum absolute atomic E-state index is 0.250. The highest BCUT2D eigenvalue weighted by molar-refractivity contribution is 7.92. The van der Waals surface area contributed by atoms with Crippen LogP contribution < -0.4 is 9.62 Å². The average molecular weight is 378 g/mol. The maximum absolute atomic E-state index is 12.7. The topological polar surface area (TPSA) is 70.5 Å². The molecule has 3 rings (SSSR count). The molecule has 1 N–H and O–H groups in total. The fourth-order valence-corrected chi connectivity index (χ4v) is 4.91. The van der Waals surface area contributed by atoms with Crippen molar-refractivity contribution >= 4 is 21.4 Å². The first-order valence-electron chi connectivity index (χ1n) is 8.92. The summed E-state index contributed by atoms with van der Waals surface area (Å²) in [6, 6.07) is 7.59. The fraction of sp³-hybridized carbons (Fsp3) is 0.500. The van der Waals surface area contributed by atoms with Crippen LogP contribution in [0.1, 0.15) is 18.3 Å². The molecule has 8 heteroatoms. The number of rotatable bonds is 5. The number of sulfonamides is 1. The lowest BCUT2D eigenvalue weighted by molar-refractivity contribution is 0.271. The van der Waals surface area contributed by atoms with Crippen molar-refractivity contribution in [2.45, 2.75) is 25.7 Å². The van der Waals surface area contributed by atoms with Gasteiger partial charge in [0.05, 0.1) is 11.4 Å². The van der Waals surface area contributed by atoms with Crippen molar-refractivity contribution in [2.24, 2.45) is 7.05 Å². The summed E-state index contributed by atoms with van der Waals surface area (Å²) in [5.74, 6) is 0. The Kier molecular flexibility index (Phi) is 5.24. The highest BCUT2D eigenvalue weighted by Gasteiger charge is 2.24. The van der Waals surface area contributed by atoms with Crippen LogP contribution in [0.3, 0.4) is 0 Å². The van der Waals surface area contributed by atoms with Gasteiger partial charge in [-0.25, -0.2) is 8.42 Å². The van der Waals surface area contributed by atoms with Crippen LogP contribution in [-0.4, -0.2) is 55.8 Å². The summed E-state index contributed by atoms with van der Waals surface area (Å²) in [7, 11) is -1.91. The summed E-state index contributed by atoms with van der Waals surface area (Å²) in [5.41, 5.74) is 2.81. The van der Waals surface area contributed by atoms with E-state index in [1.165, 1.54) is 0 Å². The molecule has 0 atom stereocenters. The zero-order valence-electron chi connectivity index (χ0n) is 15.9. The molecule has 0 aliphatic carbocycles. The largest absolute Gasteiger partial charge is 0.369 e. The summed E-state index contributed by atoms with van der Waals surface area (Å²) in [5, 5.41) is 4.19. The van der Waals surface area contributed by atoms with E-state index in [9.17, 15) is 8.42 Å². The first-order valence-corrected chi connectivity index (χ1v) is 10.4. The van der Waals surface area contributed by atoms with E-state index >= 15 is 0 Å². The van der Waals surface area contributed by atoms with Gasteiger partial charge in [0.2, 0.25) is 0 Å². The van der Waals surface area contributed by atoms with Gasteiger partial charge in [-0.05, 0) is 44.7 Å². The number of hydrogen-bond acceptors (Lipinski definition) is 5. The third kappa shape index (κ3) is 3.71. The van der Waals surface area contributed by atoms with E-state index in [1.807, 2.05) is 24.3 Å². The molecule has 26 heavy (non-hydrogen) atoms. The van der Waals surface area contributed by atoms with Crippen molar-refractivity contribution in [1.82, 2.24) is 14.7 Å². The third-order valence-corrected chi connectivity index (χ3v) is 6.65. The van der Waals surface area contributed by atoms with Crippen LogP contribution in [0.5, 0.6) is 0 Å². The molecule has 1 saturated heterocycles. The molecular formula is C18H27N5O2S. The predicted octanol–water partition coefficient (Wildman–Crippen LogP) is 1.98. The normalized spacial score (nSPS) is 16.1. The Balaban J connectivity index is 1.73. The highest BCUT2D eigenvalue weighted by atomic mass is 32.2. The number of hydrogen-bond donors (Lipinski definition) is 1. The van der Waals surface area contributed by atoms with Crippen LogP contribution in [0, 0.1) is 13.8 Å². The second-order valence-corrected chi connectivity index (χ2v) is 8.32. The van der Waals surface area contributed by atoms with Crippen LogP contribution in [0.2, 0.25) is 0 Å². The number of aryl methyl sites for hydroxylation is 2. The summed E-state index contributed by atoms with van der Waals surface area (Å²) < 4.78 is 29.7. The molecule has 2 heterocycles. The zero-order valence-corrected chi connectivity index (χ0v) is 16.7. The second kappa shape index (κ2) is 7.28. The molecule has 2 aromatic rings. The summed E-state index contributed by atoms with van der Waals surface area (Å²) in [6.45, 7) is 10.8. The van der Waals surface area contributed by atoms with Crippen molar-refractivity contribution in [3.05, 3.63) is 35.7 Å². The Bertz CT molecular complexity index is 866.